The number of sulfone groups is 1. The van der Waals surface area contributed by atoms with E-state index in [4.69, 9.17) is 0 Å². The standard InChI is InChI=1S/C11H9F3N2O5S2/c1-23(20,21)3-2-16-8(17)6-5(4-22-7(6)9(16)18)15-10(19)11(12,13)14/h4H,2-3H2,1H3,(H,15,19). The number of imide groups is 1. The molecule has 2 heterocycles. The third kappa shape index (κ3) is 3.52. The molecule has 0 fully saturated rings. The number of halogens is 3. The molecule has 3 amide bonds. The molecular formula is C11H9F3N2O5S2. The lowest BCUT2D eigenvalue weighted by Crippen LogP contribution is -2.34. The minimum absolute atomic E-state index is 0.138. The third-order valence-corrected chi connectivity index (χ3v) is 4.77. The average Bonchev–Trinajstić information content (AvgIpc) is 2.88. The van der Waals surface area contributed by atoms with Crippen molar-refractivity contribution in [3.05, 3.63) is 15.8 Å². The van der Waals surface area contributed by atoms with Crippen LogP contribution in [0.15, 0.2) is 5.38 Å². The van der Waals surface area contributed by atoms with Gasteiger partial charge in [0.05, 0.1) is 17.0 Å². The predicted molar refractivity (Wildman–Crippen MR) is 74.1 cm³/mol. The second-order valence-electron chi connectivity index (χ2n) is 4.70. The molecule has 1 aromatic heterocycles. The fourth-order valence-electron chi connectivity index (χ4n) is 1.82. The first-order chi connectivity index (χ1) is 10.4. The number of thiophene rings is 1. The van der Waals surface area contributed by atoms with E-state index in [0.717, 1.165) is 11.6 Å². The minimum atomic E-state index is -5.14. The summed E-state index contributed by atoms with van der Waals surface area (Å²) in [4.78, 5) is 35.6. The van der Waals surface area contributed by atoms with Crippen LogP contribution in [0.25, 0.3) is 0 Å². The lowest BCUT2D eigenvalue weighted by Gasteiger charge is -2.13. The first-order valence-electron chi connectivity index (χ1n) is 5.95. The van der Waals surface area contributed by atoms with Gasteiger partial charge >= 0.3 is 12.1 Å². The van der Waals surface area contributed by atoms with E-state index in [0.29, 0.717) is 16.2 Å². The molecule has 1 N–H and O–H groups in total. The zero-order valence-electron chi connectivity index (χ0n) is 11.4. The number of amides is 3. The second-order valence-corrected chi connectivity index (χ2v) is 7.84. The summed E-state index contributed by atoms with van der Waals surface area (Å²) in [6.45, 7) is -0.412. The lowest BCUT2D eigenvalue weighted by molar-refractivity contribution is -0.167. The molecule has 1 aliphatic rings. The Morgan fingerprint density at radius 3 is 2.43 bits per heavy atom. The van der Waals surface area contributed by atoms with Gasteiger partial charge < -0.3 is 5.32 Å². The molecule has 126 valence electrons. The van der Waals surface area contributed by atoms with Gasteiger partial charge in [0.15, 0.2) is 0 Å². The van der Waals surface area contributed by atoms with Crippen molar-refractivity contribution in [1.82, 2.24) is 4.90 Å². The molecule has 2 rings (SSSR count). The van der Waals surface area contributed by atoms with E-state index in [1.165, 1.54) is 5.32 Å². The van der Waals surface area contributed by atoms with Gasteiger partial charge in [-0.2, -0.15) is 13.2 Å². The van der Waals surface area contributed by atoms with Crippen LogP contribution in [0.5, 0.6) is 0 Å². The molecule has 0 saturated heterocycles. The summed E-state index contributed by atoms with van der Waals surface area (Å²) >= 11 is 0.697. The largest absolute Gasteiger partial charge is 0.471 e. The summed E-state index contributed by atoms with van der Waals surface area (Å²) in [6, 6.07) is 0. The summed E-state index contributed by atoms with van der Waals surface area (Å²) in [6.07, 6.45) is -4.22. The number of rotatable bonds is 4. The number of anilines is 1. The molecule has 0 bridgehead atoms. The highest BCUT2D eigenvalue weighted by Crippen LogP contribution is 2.35. The maximum Gasteiger partial charge on any atom is 0.471 e. The van der Waals surface area contributed by atoms with Gasteiger partial charge in [-0.3, -0.25) is 19.3 Å². The van der Waals surface area contributed by atoms with Crippen molar-refractivity contribution in [2.24, 2.45) is 0 Å². The van der Waals surface area contributed by atoms with Crippen LogP contribution in [0.1, 0.15) is 20.0 Å². The van der Waals surface area contributed by atoms with Crippen LogP contribution < -0.4 is 5.32 Å². The molecule has 1 aliphatic heterocycles. The first-order valence-corrected chi connectivity index (χ1v) is 8.89. The number of nitrogens with one attached hydrogen (secondary N) is 1. The van der Waals surface area contributed by atoms with Crippen LogP contribution in [0.3, 0.4) is 0 Å². The van der Waals surface area contributed by atoms with Crippen LogP contribution in [-0.2, 0) is 14.6 Å². The molecule has 0 unspecified atom stereocenters. The Morgan fingerprint density at radius 1 is 1.30 bits per heavy atom. The van der Waals surface area contributed by atoms with E-state index < -0.39 is 51.7 Å². The van der Waals surface area contributed by atoms with E-state index in [1.807, 2.05) is 0 Å². The van der Waals surface area contributed by atoms with E-state index in [2.05, 4.69) is 0 Å². The van der Waals surface area contributed by atoms with E-state index in [1.54, 1.807) is 0 Å². The number of carbonyl (C=O) groups excluding carboxylic acids is 3. The highest BCUT2D eigenvalue weighted by molar-refractivity contribution is 7.90. The van der Waals surface area contributed by atoms with E-state index in [9.17, 15) is 36.0 Å². The Morgan fingerprint density at radius 2 is 1.91 bits per heavy atom. The Bertz CT molecular complexity index is 797. The number of nitrogens with zero attached hydrogens (tertiary/aromatic N) is 1. The smallest absolute Gasteiger partial charge is 0.317 e. The fourth-order valence-corrected chi connectivity index (χ4v) is 3.28. The van der Waals surface area contributed by atoms with Crippen molar-refractivity contribution in [2.75, 3.05) is 23.9 Å². The van der Waals surface area contributed by atoms with Crippen LogP contribution in [0.2, 0.25) is 0 Å². The van der Waals surface area contributed by atoms with Crippen LogP contribution in [0, 0.1) is 0 Å². The van der Waals surface area contributed by atoms with Gasteiger partial charge in [0, 0.05) is 18.2 Å². The van der Waals surface area contributed by atoms with Crippen molar-refractivity contribution in [2.45, 2.75) is 6.18 Å². The zero-order chi connectivity index (χ0) is 17.6. The average molecular weight is 370 g/mol. The molecule has 0 atom stereocenters. The fraction of sp³-hybridized carbons (Fsp3) is 0.364. The van der Waals surface area contributed by atoms with Gasteiger partial charge in [-0.05, 0) is 0 Å². The van der Waals surface area contributed by atoms with Crippen LogP contribution in [-0.4, -0.2) is 55.8 Å². The second kappa shape index (κ2) is 5.60. The first kappa shape index (κ1) is 17.4. The quantitative estimate of drug-likeness (QED) is 0.794. The number of fused-ring (bicyclic) bond motifs is 1. The minimum Gasteiger partial charge on any atom is -0.317 e. The van der Waals surface area contributed by atoms with Crippen molar-refractivity contribution in [3.8, 4) is 0 Å². The Labute approximate surface area is 132 Å². The van der Waals surface area contributed by atoms with Gasteiger partial charge in [0.1, 0.15) is 14.7 Å². The Balaban J connectivity index is 2.25. The third-order valence-electron chi connectivity index (χ3n) is 2.88. The van der Waals surface area contributed by atoms with E-state index in [-0.39, 0.29) is 10.4 Å². The number of carbonyl (C=O) groups is 3. The van der Waals surface area contributed by atoms with Crippen LogP contribution >= 0.6 is 11.3 Å². The monoisotopic (exact) mass is 370 g/mol. The van der Waals surface area contributed by atoms with Gasteiger partial charge in [-0.15, -0.1) is 11.3 Å². The highest BCUT2D eigenvalue weighted by Gasteiger charge is 2.43. The van der Waals surface area contributed by atoms with Gasteiger partial charge in [-0.1, -0.05) is 0 Å². The van der Waals surface area contributed by atoms with Crippen LogP contribution in [0.4, 0.5) is 18.9 Å². The SMILES string of the molecule is CS(=O)(=O)CCN1C(=O)c2scc(NC(=O)C(F)(F)F)c2C1=O. The molecular weight excluding hydrogens is 361 g/mol. The molecule has 23 heavy (non-hydrogen) atoms. The molecule has 0 radical (unpaired) electrons. The van der Waals surface area contributed by atoms with Crippen molar-refractivity contribution in [1.29, 1.82) is 0 Å². The lowest BCUT2D eigenvalue weighted by atomic mass is 10.2. The van der Waals surface area contributed by atoms with Gasteiger partial charge in [0.25, 0.3) is 11.8 Å². The molecule has 0 aromatic carbocycles. The molecule has 12 heteroatoms. The molecule has 0 aliphatic carbocycles. The topological polar surface area (TPSA) is 101 Å². The number of hydrogen-bond acceptors (Lipinski definition) is 6. The maximum atomic E-state index is 12.3. The normalized spacial score (nSPS) is 15.0. The molecule has 7 nitrogen and oxygen atoms in total. The van der Waals surface area contributed by atoms with Crippen molar-refractivity contribution >= 4 is 44.6 Å². The molecule has 0 saturated carbocycles. The summed E-state index contributed by atoms with van der Waals surface area (Å²) in [5.74, 6) is -4.48. The van der Waals surface area contributed by atoms with Gasteiger partial charge in [0.2, 0.25) is 0 Å². The number of alkyl halides is 3. The Hall–Kier alpha value is -1.95. The number of hydrogen-bond donors (Lipinski definition) is 1. The molecule has 0 spiro atoms. The predicted octanol–water partition coefficient (Wildman–Crippen LogP) is 0.889. The van der Waals surface area contributed by atoms with Crippen molar-refractivity contribution in [3.63, 3.8) is 0 Å². The highest BCUT2D eigenvalue weighted by atomic mass is 32.2. The summed E-state index contributed by atoms with van der Waals surface area (Å²) in [5.41, 5.74) is -0.779. The van der Waals surface area contributed by atoms with Crippen molar-refractivity contribution < 1.29 is 36.0 Å². The summed E-state index contributed by atoms with van der Waals surface area (Å²) < 4.78 is 59.0. The maximum absolute atomic E-state index is 12.3. The molecule has 1 aromatic rings. The summed E-state index contributed by atoms with van der Waals surface area (Å²) in [5, 5.41) is 2.59. The van der Waals surface area contributed by atoms with Gasteiger partial charge in [-0.25, -0.2) is 8.42 Å². The summed E-state index contributed by atoms with van der Waals surface area (Å²) in [7, 11) is -3.44. The Kier molecular flexibility index (Phi) is 4.24. The zero-order valence-corrected chi connectivity index (χ0v) is 13.1. The van der Waals surface area contributed by atoms with E-state index >= 15 is 0 Å².